The Morgan fingerprint density at radius 3 is 2.95 bits per heavy atom. The molecule has 0 bridgehead atoms. The summed E-state index contributed by atoms with van der Waals surface area (Å²) in [6, 6.07) is 3.69. The summed E-state index contributed by atoms with van der Waals surface area (Å²) < 4.78 is 0. The Bertz CT molecular complexity index is 436. The van der Waals surface area contributed by atoms with E-state index in [9.17, 15) is 9.90 Å². The number of aliphatic hydroxyl groups excluding tert-OH is 1. The van der Waals surface area contributed by atoms with Crippen molar-refractivity contribution in [2.75, 3.05) is 13.1 Å². The van der Waals surface area contributed by atoms with E-state index in [2.05, 4.69) is 29.5 Å². The maximum Gasteiger partial charge on any atom is 0.237 e. The number of amides is 1. The molecule has 5 heteroatoms. The number of pyridine rings is 1. The second-order valence-corrected chi connectivity index (χ2v) is 5.73. The fourth-order valence-corrected chi connectivity index (χ4v) is 2.58. The Balaban J connectivity index is 1.91. The number of aromatic nitrogens is 1. The van der Waals surface area contributed by atoms with E-state index in [0.29, 0.717) is 25.4 Å². The van der Waals surface area contributed by atoms with E-state index < -0.39 is 6.10 Å². The first-order valence-corrected chi connectivity index (χ1v) is 7.17. The van der Waals surface area contributed by atoms with Crippen LogP contribution in [0.25, 0.3) is 0 Å². The molecule has 1 aliphatic rings. The largest absolute Gasteiger partial charge is 0.392 e. The number of hydrogen-bond acceptors (Lipinski definition) is 4. The lowest BCUT2D eigenvalue weighted by Crippen LogP contribution is -2.42. The first-order valence-electron chi connectivity index (χ1n) is 7.17. The van der Waals surface area contributed by atoms with Crippen LogP contribution in [0, 0.1) is 5.92 Å². The molecular weight excluding hydrogens is 254 g/mol. The van der Waals surface area contributed by atoms with Crippen LogP contribution >= 0.6 is 0 Å². The van der Waals surface area contributed by atoms with Crippen LogP contribution in [0.1, 0.15) is 31.7 Å². The van der Waals surface area contributed by atoms with Crippen molar-refractivity contribution in [1.29, 1.82) is 0 Å². The Kier molecular flexibility index (Phi) is 5.09. The zero-order valence-electron chi connectivity index (χ0n) is 12.0. The molecule has 1 aromatic rings. The van der Waals surface area contributed by atoms with Crippen molar-refractivity contribution in [3.05, 3.63) is 30.1 Å². The van der Waals surface area contributed by atoms with Gasteiger partial charge in [0.25, 0.3) is 0 Å². The Morgan fingerprint density at radius 2 is 2.40 bits per heavy atom. The lowest BCUT2D eigenvalue weighted by atomic mass is 9.89. The summed E-state index contributed by atoms with van der Waals surface area (Å²) in [5.74, 6) is 0.636. The van der Waals surface area contributed by atoms with Gasteiger partial charge >= 0.3 is 0 Å². The molecular formula is C15H23N3O2. The minimum atomic E-state index is -0.412. The molecule has 1 aromatic heterocycles. The van der Waals surface area contributed by atoms with Gasteiger partial charge in [0.1, 0.15) is 0 Å². The van der Waals surface area contributed by atoms with Crippen molar-refractivity contribution in [3.8, 4) is 0 Å². The number of carbonyl (C=O) groups excluding carboxylic acids is 1. The molecule has 2 rings (SSSR count). The van der Waals surface area contributed by atoms with Gasteiger partial charge in [-0.05, 0) is 24.0 Å². The van der Waals surface area contributed by atoms with Crippen LogP contribution in [0.15, 0.2) is 24.5 Å². The van der Waals surface area contributed by atoms with E-state index in [1.54, 1.807) is 6.20 Å². The summed E-state index contributed by atoms with van der Waals surface area (Å²) in [6.07, 6.45) is 3.69. The van der Waals surface area contributed by atoms with E-state index in [4.69, 9.17) is 0 Å². The summed E-state index contributed by atoms with van der Waals surface area (Å²) >= 11 is 0. The lowest BCUT2D eigenvalue weighted by molar-refractivity contribution is -0.123. The molecule has 0 saturated carbocycles. The normalized spacial score (nSPS) is 23.8. The smallest absolute Gasteiger partial charge is 0.237 e. The van der Waals surface area contributed by atoms with Crippen molar-refractivity contribution in [2.24, 2.45) is 5.92 Å². The summed E-state index contributed by atoms with van der Waals surface area (Å²) in [5, 5.41) is 15.5. The maximum absolute atomic E-state index is 12.0. The fraction of sp³-hybridized carbons (Fsp3) is 0.600. The van der Waals surface area contributed by atoms with Crippen molar-refractivity contribution in [2.45, 2.75) is 38.3 Å². The maximum atomic E-state index is 12.0. The summed E-state index contributed by atoms with van der Waals surface area (Å²) in [5.41, 5.74) is 1.14. The van der Waals surface area contributed by atoms with Crippen LogP contribution in [0.4, 0.5) is 0 Å². The molecule has 20 heavy (non-hydrogen) atoms. The summed E-state index contributed by atoms with van der Waals surface area (Å²) in [6.45, 7) is 5.37. The second-order valence-electron chi connectivity index (χ2n) is 5.73. The van der Waals surface area contributed by atoms with Gasteiger partial charge < -0.3 is 15.7 Å². The number of β-amino-alcohol motifs (C(OH)–C–C–N with tert-alkyl or cyclic N) is 1. The molecule has 3 atom stereocenters. The van der Waals surface area contributed by atoms with Crippen LogP contribution in [-0.2, 0) is 4.79 Å². The average molecular weight is 277 g/mol. The van der Waals surface area contributed by atoms with Gasteiger partial charge in [0.15, 0.2) is 0 Å². The van der Waals surface area contributed by atoms with Gasteiger partial charge in [-0.3, -0.25) is 9.78 Å². The number of rotatable bonds is 5. The van der Waals surface area contributed by atoms with Crippen LogP contribution in [-0.4, -0.2) is 41.2 Å². The fourth-order valence-electron chi connectivity index (χ4n) is 2.58. The second kappa shape index (κ2) is 6.81. The van der Waals surface area contributed by atoms with Crippen LogP contribution in [0.2, 0.25) is 0 Å². The van der Waals surface area contributed by atoms with E-state index in [1.165, 1.54) is 0 Å². The molecule has 5 nitrogen and oxygen atoms in total. The highest BCUT2D eigenvalue weighted by atomic mass is 16.3. The molecule has 1 aliphatic heterocycles. The number of hydrogen-bond donors (Lipinski definition) is 3. The van der Waals surface area contributed by atoms with Gasteiger partial charge in [-0.15, -0.1) is 0 Å². The molecule has 0 aromatic carbocycles. The SMILES string of the molecule is CC(C)[C@H](CNC(=O)[C@H]1C[C@H](O)CN1)c1cccnc1. The zero-order chi connectivity index (χ0) is 14.5. The molecule has 1 saturated heterocycles. The number of nitrogens with zero attached hydrogens (tertiary/aromatic N) is 1. The average Bonchev–Trinajstić information content (AvgIpc) is 2.86. The van der Waals surface area contributed by atoms with E-state index in [-0.39, 0.29) is 17.9 Å². The van der Waals surface area contributed by atoms with Gasteiger partial charge in [-0.25, -0.2) is 0 Å². The van der Waals surface area contributed by atoms with Crippen molar-refractivity contribution < 1.29 is 9.90 Å². The topological polar surface area (TPSA) is 74.2 Å². The predicted octanol–water partition coefficient (Wildman–Crippen LogP) is 0.660. The number of aliphatic hydroxyl groups is 1. The van der Waals surface area contributed by atoms with Crippen LogP contribution < -0.4 is 10.6 Å². The molecule has 1 fully saturated rings. The molecule has 110 valence electrons. The minimum absolute atomic E-state index is 0.0314. The van der Waals surface area contributed by atoms with E-state index in [1.807, 2.05) is 18.3 Å². The number of nitrogens with one attached hydrogen (secondary N) is 2. The van der Waals surface area contributed by atoms with Gasteiger partial charge in [-0.2, -0.15) is 0 Å². The van der Waals surface area contributed by atoms with Crippen LogP contribution in [0.3, 0.4) is 0 Å². The Labute approximate surface area is 119 Å². The zero-order valence-corrected chi connectivity index (χ0v) is 12.0. The van der Waals surface area contributed by atoms with Crippen LogP contribution in [0.5, 0.6) is 0 Å². The van der Waals surface area contributed by atoms with Gasteiger partial charge in [0.05, 0.1) is 12.1 Å². The molecule has 2 heterocycles. The summed E-state index contributed by atoms with van der Waals surface area (Å²) in [4.78, 5) is 16.2. The molecule has 0 radical (unpaired) electrons. The molecule has 1 amide bonds. The highest BCUT2D eigenvalue weighted by Crippen LogP contribution is 2.22. The van der Waals surface area contributed by atoms with Gasteiger partial charge in [0.2, 0.25) is 5.91 Å². The first-order chi connectivity index (χ1) is 9.58. The summed E-state index contributed by atoms with van der Waals surface area (Å²) in [7, 11) is 0. The Hall–Kier alpha value is -1.46. The minimum Gasteiger partial charge on any atom is -0.392 e. The monoisotopic (exact) mass is 277 g/mol. The number of carbonyl (C=O) groups is 1. The highest BCUT2D eigenvalue weighted by Gasteiger charge is 2.28. The molecule has 0 aliphatic carbocycles. The third-order valence-corrected chi connectivity index (χ3v) is 3.84. The van der Waals surface area contributed by atoms with Gasteiger partial charge in [-0.1, -0.05) is 19.9 Å². The third kappa shape index (κ3) is 3.77. The molecule has 0 spiro atoms. The first kappa shape index (κ1) is 14.9. The molecule has 0 unspecified atom stereocenters. The van der Waals surface area contributed by atoms with Crippen molar-refractivity contribution >= 4 is 5.91 Å². The molecule has 3 N–H and O–H groups in total. The van der Waals surface area contributed by atoms with Crippen molar-refractivity contribution in [3.63, 3.8) is 0 Å². The predicted molar refractivity (Wildman–Crippen MR) is 77.2 cm³/mol. The van der Waals surface area contributed by atoms with E-state index in [0.717, 1.165) is 5.56 Å². The standard InChI is InChI=1S/C15H23N3O2/c1-10(2)13(11-4-3-5-16-7-11)9-18-15(20)14-6-12(19)8-17-14/h3-5,7,10,12-14,17,19H,6,8-9H2,1-2H3,(H,18,20)/t12-,13-,14+/m0/s1. The highest BCUT2D eigenvalue weighted by molar-refractivity contribution is 5.82. The lowest BCUT2D eigenvalue weighted by Gasteiger charge is -2.22. The Morgan fingerprint density at radius 1 is 1.60 bits per heavy atom. The third-order valence-electron chi connectivity index (χ3n) is 3.84. The van der Waals surface area contributed by atoms with Gasteiger partial charge in [0, 0.05) is 31.4 Å². The quantitative estimate of drug-likeness (QED) is 0.739. The van der Waals surface area contributed by atoms with E-state index >= 15 is 0 Å². The van der Waals surface area contributed by atoms with Crippen molar-refractivity contribution in [1.82, 2.24) is 15.6 Å².